The highest BCUT2D eigenvalue weighted by molar-refractivity contribution is 4.79. The summed E-state index contributed by atoms with van der Waals surface area (Å²) in [6.07, 6.45) is 4.88. The maximum atomic E-state index is 5.80. The van der Waals surface area contributed by atoms with Crippen molar-refractivity contribution in [2.75, 3.05) is 0 Å². The number of rotatable bonds is 4. The zero-order valence-electron chi connectivity index (χ0n) is 9.25. The monoisotopic (exact) mass is 186 g/mol. The Bertz CT molecular complexity index is 127. The molecular formula is C11H22O2. The normalized spacial score (nSPS) is 29.1. The Kier molecular flexibility index (Phi) is 4.20. The van der Waals surface area contributed by atoms with Crippen molar-refractivity contribution >= 4 is 0 Å². The summed E-state index contributed by atoms with van der Waals surface area (Å²) < 4.78 is 11.6. The van der Waals surface area contributed by atoms with Crippen molar-refractivity contribution in [2.24, 2.45) is 0 Å². The number of hydrogen-bond acceptors (Lipinski definition) is 2. The average Bonchev–Trinajstić information content (AvgIpc) is 2.34. The van der Waals surface area contributed by atoms with Gasteiger partial charge in [-0.1, -0.05) is 0 Å². The molecule has 2 atom stereocenters. The van der Waals surface area contributed by atoms with Crippen LogP contribution in [0.15, 0.2) is 0 Å². The van der Waals surface area contributed by atoms with Gasteiger partial charge in [-0.05, 0) is 47.0 Å². The molecule has 0 aromatic heterocycles. The molecule has 0 aliphatic heterocycles. The molecule has 0 aromatic rings. The fourth-order valence-corrected chi connectivity index (χ4v) is 1.90. The maximum Gasteiger partial charge on any atom is 0.0840 e. The van der Waals surface area contributed by atoms with Gasteiger partial charge in [0.1, 0.15) is 0 Å². The van der Waals surface area contributed by atoms with Gasteiger partial charge in [-0.2, -0.15) is 0 Å². The van der Waals surface area contributed by atoms with E-state index in [1.165, 1.54) is 6.42 Å². The second-order valence-corrected chi connectivity index (χ2v) is 4.38. The van der Waals surface area contributed by atoms with Gasteiger partial charge in [0.15, 0.2) is 0 Å². The lowest BCUT2D eigenvalue weighted by molar-refractivity contribution is -0.0942. The van der Waals surface area contributed by atoms with Crippen LogP contribution in [0, 0.1) is 0 Å². The van der Waals surface area contributed by atoms with Crippen LogP contribution in [0.4, 0.5) is 0 Å². The van der Waals surface area contributed by atoms with Crippen LogP contribution in [0.5, 0.6) is 0 Å². The van der Waals surface area contributed by atoms with Crippen LogP contribution >= 0.6 is 0 Å². The zero-order valence-corrected chi connectivity index (χ0v) is 9.25. The van der Waals surface area contributed by atoms with Gasteiger partial charge in [0.05, 0.1) is 24.4 Å². The molecule has 2 nitrogen and oxygen atoms in total. The molecule has 0 saturated heterocycles. The highest BCUT2D eigenvalue weighted by Crippen LogP contribution is 2.26. The van der Waals surface area contributed by atoms with E-state index in [9.17, 15) is 0 Å². The molecule has 0 spiro atoms. The van der Waals surface area contributed by atoms with E-state index in [0.29, 0.717) is 24.4 Å². The summed E-state index contributed by atoms with van der Waals surface area (Å²) in [5.74, 6) is 0. The van der Waals surface area contributed by atoms with E-state index in [1.54, 1.807) is 0 Å². The fourth-order valence-electron chi connectivity index (χ4n) is 1.90. The van der Waals surface area contributed by atoms with Crippen LogP contribution in [0.3, 0.4) is 0 Å². The molecule has 2 unspecified atom stereocenters. The van der Waals surface area contributed by atoms with Crippen molar-refractivity contribution in [1.82, 2.24) is 0 Å². The largest absolute Gasteiger partial charge is 0.373 e. The van der Waals surface area contributed by atoms with Gasteiger partial charge in [0.25, 0.3) is 0 Å². The standard InChI is InChI=1S/C11H22O2/c1-8(2)12-10-6-5-7-11(10)13-9(3)4/h8-11H,5-7H2,1-4H3. The van der Waals surface area contributed by atoms with Gasteiger partial charge in [-0.3, -0.25) is 0 Å². The number of ether oxygens (including phenoxy) is 2. The van der Waals surface area contributed by atoms with Gasteiger partial charge in [-0.25, -0.2) is 0 Å². The van der Waals surface area contributed by atoms with Crippen LogP contribution in [-0.2, 0) is 9.47 Å². The Labute approximate surface area is 81.6 Å². The summed E-state index contributed by atoms with van der Waals surface area (Å²) >= 11 is 0. The zero-order chi connectivity index (χ0) is 9.84. The third kappa shape index (κ3) is 3.65. The molecule has 0 aromatic carbocycles. The smallest absolute Gasteiger partial charge is 0.0840 e. The first-order valence-corrected chi connectivity index (χ1v) is 5.40. The molecule has 0 bridgehead atoms. The van der Waals surface area contributed by atoms with Crippen molar-refractivity contribution in [3.63, 3.8) is 0 Å². The third-order valence-electron chi connectivity index (χ3n) is 2.29. The minimum absolute atomic E-state index is 0.321. The van der Waals surface area contributed by atoms with E-state index in [2.05, 4.69) is 27.7 Å². The van der Waals surface area contributed by atoms with Gasteiger partial charge in [-0.15, -0.1) is 0 Å². The van der Waals surface area contributed by atoms with Crippen LogP contribution < -0.4 is 0 Å². The summed E-state index contributed by atoms with van der Waals surface area (Å²) in [5, 5.41) is 0. The van der Waals surface area contributed by atoms with Crippen LogP contribution in [0.1, 0.15) is 47.0 Å². The maximum absolute atomic E-state index is 5.80. The molecule has 0 N–H and O–H groups in total. The van der Waals surface area contributed by atoms with E-state index < -0.39 is 0 Å². The fraction of sp³-hybridized carbons (Fsp3) is 1.00. The van der Waals surface area contributed by atoms with Crippen molar-refractivity contribution in [3.05, 3.63) is 0 Å². The molecule has 1 saturated carbocycles. The quantitative estimate of drug-likeness (QED) is 0.672. The molecule has 1 aliphatic rings. The Balaban J connectivity index is 2.35. The SMILES string of the molecule is CC(C)OC1CCCC1OC(C)C. The van der Waals surface area contributed by atoms with Crippen LogP contribution in [0.2, 0.25) is 0 Å². The van der Waals surface area contributed by atoms with E-state index in [1.807, 2.05) is 0 Å². The first kappa shape index (κ1) is 11.0. The van der Waals surface area contributed by atoms with E-state index in [-0.39, 0.29) is 0 Å². The first-order valence-electron chi connectivity index (χ1n) is 5.40. The summed E-state index contributed by atoms with van der Waals surface area (Å²) in [7, 11) is 0. The van der Waals surface area contributed by atoms with Gasteiger partial charge in [0.2, 0.25) is 0 Å². The Hall–Kier alpha value is -0.0800. The molecular weight excluding hydrogens is 164 g/mol. The predicted octanol–water partition coefficient (Wildman–Crippen LogP) is 2.76. The van der Waals surface area contributed by atoms with Crippen LogP contribution in [0.25, 0.3) is 0 Å². The Morgan fingerprint density at radius 1 is 0.846 bits per heavy atom. The van der Waals surface area contributed by atoms with Gasteiger partial charge < -0.3 is 9.47 Å². The summed E-state index contributed by atoms with van der Waals surface area (Å²) in [5.41, 5.74) is 0. The first-order chi connectivity index (χ1) is 6.09. The lowest BCUT2D eigenvalue weighted by Gasteiger charge is -2.24. The average molecular weight is 186 g/mol. The van der Waals surface area contributed by atoms with Gasteiger partial charge >= 0.3 is 0 Å². The molecule has 0 amide bonds. The van der Waals surface area contributed by atoms with Crippen molar-refractivity contribution in [1.29, 1.82) is 0 Å². The molecule has 13 heavy (non-hydrogen) atoms. The third-order valence-corrected chi connectivity index (χ3v) is 2.29. The minimum Gasteiger partial charge on any atom is -0.373 e. The Morgan fingerprint density at radius 3 is 1.54 bits per heavy atom. The lowest BCUT2D eigenvalue weighted by atomic mass is 10.2. The summed E-state index contributed by atoms with van der Waals surface area (Å²) in [6, 6.07) is 0. The molecule has 1 fully saturated rings. The second kappa shape index (κ2) is 4.97. The highest BCUT2D eigenvalue weighted by atomic mass is 16.6. The molecule has 1 aliphatic carbocycles. The van der Waals surface area contributed by atoms with E-state index in [4.69, 9.17) is 9.47 Å². The summed E-state index contributed by atoms with van der Waals surface area (Å²) in [4.78, 5) is 0. The lowest BCUT2D eigenvalue weighted by Crippen LogP contribution is -2.30. The highest BCUT2D eigenvalue weighted by Gasteiger charge is 2.29. The Morgan fingerprint density at radius 2 is 1.23 bits per heavy atom. The number of hydrogen-bond donors (Lipinski definition) is 0. The van der Waals surface area contributed by atoms with Crippen molar-refractivity contribution in [2.45, 2.75) is 71.4 Å². The molecule has 2 heteroatoms. The van der Waals surface area contributed by atoms with Gasteiger partial charge in [0, 0.05) is 0 Å². The molecule has 1 rings (SSSR count). The minimum atomic E-state index is 0.321. The molecule has 0 heterocycles. The molecule has 78 valence electrons. The van der Waals surface area contributed by atoms with Crippen LogP contribution in [-0.4, -0.2) is 24.4 Å². The van der Waals surface area contributed by atoms with E-state index in [0.717, 1.165) is 12.8 Å². The molecule has 0 radical (unpaired) electrons. The topological polar surface area (TPSA) is 18.5 Å². The summed E-state index contributed by atoms with van der Waals surface area (Å²) in [6.45, 7) is 8.35. The van der Waals surface area contributed by atoms with E-state index >= 15 is 0 Å². The second-order valence-electron chi connectivity index (χ2n) is 4.38. The predicted molar refractivity (Wildman–Crippen MR) is 53.9 cm³/mol. The van der Waals surface area contributed by atoms with Crippen molar-refractivity contribution in [3.8, 4) is 0 Å². The van der Waals surface area contributed by atoms with Crippen molar-refractivity contribution < 1.29 is 9.47 Å².